The average molecular weight is 486 g/mol. The number of carbonyl (C=O) groups is 3. The van der Waals surface area contributed by atoms with E-state index in [1.54, 1.807) is 30.3 Å². The quantitative estimate of drug-likeness (QED) is 0.451. The maximum Gasteiger partial charge on any atom is 0.490 e. The van der Waals surface area contributed by atoms with Crippen LogP contribution < -0.4 is 10.6 Å². The van der Waals surface area contributed by atoms with E-state index >= 15 is 0 Å². The first-order valence-electron chi connectivity index (χ1n) is 9.67. The van der Waals surface area contributed by atoms with E-state index in [1.165, 1.54) is 18.2 Å². The van der Waals surface area contributed by atoms with Crippen LogP contribution in [0.4, 0.5) is 26.7 Å². The van der Waals surface area contributed by atoms with Gasteiger partial charge in [0.15, 0.2) is 11.6 Å². The molecule has 34 heavy (non-hydrogen) atoms. The lowest BCUT2D eigenvalue weighted by Gasteiger charge is -2.11. The Balaban J connectivity index is 0.000000257. The van der Waals surface area contributed by atoms with Crippen molar-refractivity contribution in [3.8, 4) is 0 Å². The molecule has 12 heteroatoms. The van der Waals surface area contributed by atoms with Crippen molar-refractivity contribution in [1.29, 1.82) is 0 Å². The van der Waals surface area contributed by atoms with Crippen molar-refractivity contribution in [2.24, 2.45) is 0 Å². The van der Waals surface area contributed by atoms with Gasteiger partial charge in [0.05, 0.1) is 0 Å². The summed E-state index contributed by atoms with van der Waals surface area (Å²) >= 11 is 0. The monoisotopic (exact) mass is 486 g/mol. The van der Waals surface area contributed by atoms with Crippen LogP contribution in [0.5, 0.6) is 0 Å². The number of nitrogens with one attached hydrogen (secondary N) is 2. The van der Waals surface area contributed by atoms with Crippen molar-refractivity contribution in [3.05, 3.63) is 77.4 Å². The van der Waals surface area contributed by atoms with E-state index in [9.17, 15) is 36.3 Å². The van der Waals surface area contributed by atoms with Gasteiger partial charge in [0, 0.05) is 12.1 Å². The van der Waals surface area contributed by atoms with Crippen molar-refractivity contribution in [2.75, 3.05) is 6.54 Å². The third-order valence-corrected chi connectivity index (χ3v) is 4.41. The average Bonchev–Trinajstić information content (AvgIpc) is 2.96. The van der Waals surface area contributed by atoms with E-state index in [-0.39, 0.29) is 25.1 Å². The normalized spacial score (nSPS) is 15.6. The fourth-order valence-corrected chi connectivity index (χ4v) is 2.78. The zero-order valence-electron chi connectivity index (χ0n) is 17.4. The molecule has 0 saturated carbocycles. The number of alkyl halides is 3. The number of ether oxygens (including phenoxy) is 1. The van der Waals surface area contributed by atoms with Crippen molar-refractivity contribution >= 4 is 23.5 Å². The fourth-order valence-electron chi connectivity index (χ4n) is 2.78. The summed E-state index contributed by atoms with van der Waals surface area (Å²) in [5, 5.41) is 13.2. The Hall–Kier alpha value is -3.96. The minimum Gasteiger partial charge on any atom is -0.465 e. The van der Waals surface area contributed by atoms with E-state index in [1.807, 2.05) is 0 Å². The standard InChI is InChI=1S/C13H12F2N2O3.C9H7F3O2/c14-9-3-1-2-8(11(9)15)7-4-5-10(17-13(19)20)12(18)16-6-7;10-9(11,12)8(13)14-6-7-4-2-1-3-5-7/h1-4,10,17H,5-6H2,(H,16,18)(H,19,20);1-5H,6H2/t10-;/m1./s1. The molecule has 3 rings (SSSR count). The van der Waals surface area contributed by atoms with E-state index < -0.39 is 41.8 Å². The molecule has 3 N–H and O–H groups in total. The molecular formula is C22H19F5N2O5. The lowest BCUT2D eigenvalue weighted by atomic mass is 10.0. The summed E-state index contributed by atoms with van der Waals surface area (Å²) in [5.74, 6) is -4.63. The molecule has 0 fully saturated rings. The number of carboxylic acid groups (broad SMARTS) is 1. The van der Waals surface area contributed by atoms with Crippen LogP contribution in [0, 0.1) is 11.6 Å². The Morgan fingerprint density at radius 3 is 2.38 bits per heavy atom. The number of halogens is 5. The van der Waals surface area contributed by atoms with Crippen LogP contribution in [0.3, 0.4) is 0 Å². The summed E-state index contributed by atoms with van der Waals surface area (Å²) in [5.41, 5.74) is 0.983. The maximum atomic E-state index is 13.7. The summed E-state index contributed by atoms with van der Waals surface area (Å²) in [6, 6.07) is 11.0. The highest BCUT2D eigenvalue weighted by Crippen LogP contribution is 2.22. The Morgan fingerprint density at radius 2 is 1.76 bits per heavy atom. The summed E-state index contributed by atoms with van der Waals surface area (Å²) in [7, 11) is 0. The lowest BCUT2D eigenvalue weighted by molar-refractivity contribution is -0.201. The molecule has 7 nitrogen and oxygen atoms in total. The highest BCUT2D eigenvalue weighted by Gasteiger charge is 2.40. The van der Waals surface area contributed by atoms with Gasteiger partial charge in [-0.25, -0.2) is 18.4 Å². The van der Waals surface area contributed by atoms with Gasteiger partial charge in [-0.1, -0.05) is 48.5 Å². The number of carbonyl (C=O) groups excluding carboxylic acids is 2. The van der Waals surface area contributed by atoms with Gasteiger partial charge in [0.2, 0.25) is 5.91 Å². The van der Waals surface area contributed by atoms with Gasteiger partial charge >= 0.3 is 18.2 Å². The molecule has 0 spiro atoms. The van der Waals surface area contributed by atoms with Crippen LogP contribution in [-0.2, 0) is 20.9 Å². The molecule has 1 aliphatic rings. The zero-order valence-corrected chi connectivity index (χ0v) is 17.4. The maximum absolute atomic E-state index is 13.7. The Labute approximate surface area is 190 Å². The molecule has 0 aliphatic carbocycles. The minimum atomic E-state index is -4.92. The number of esters is 1. The second-order valence-corrected chi connectivity index (χ2v) is 6.85. The first kappa shape index (κ1) is 26.3. The third-order valence-electron chi connectivity index (χ3n) is 4.41. The highest BCUT2D eigenvalue weighted by atomic mass is 19.4. The first-order valence-corrected chi connectivity index (χ1v) is 9.67. The molecule has 0 aromatic heterocycles. The molecular weight excluding hydrogens is 467 g/mol. The van der Waals surface area contributed by atoms with Crippen LogP contribution in [0.15, 0.2) is 54.6 Å². The SMILES string of the molecule is O=C(O)N[C@@H]1CC=C(c2cccc(F)c2F)CNC1=O.O=C(OCc1ccccc1)C(F)(F)F. The lowest BCUT2D eigenvalue weighted by Crippen LogP contribution is -2.45. The van der Waals surface area contributed by atoms with Crippen LogP contribution in [0.25, 0.3) is 5.57 Å². The van der Waals surface area contributed by atoms with Crippen molar-refractivity contribution in [3.63, 3.8) is 0 Å². The minimum absolute atomic E-state index is 0.0109. The van der Waals surface area contributed by atoms with Crippen molar-refractivity contribution in [2.45, 2.75) is 25.2 Å². The second-order valence-electron chi connectivity index (χ2n) is 6.85. The van der Waals surface area contributed by atoms with Crippen molar-refractivity contribution < 1.29 is 46.2 Å². The number of benzene rings is 2. The number of amides is 2. The third kappa shape index (κ3) is 7.87. The molecule has 0 unspecified atom stereocenters. The molecule has 1 atom stereocenters. The van der Waals surface area contributed by atoms with E-state index in [0.29, 0.717) is 11.1 Å². The number of hydrogen-bond donors (Lipinski definition) is 3. The highest BCUT2D eigenvalue weighted by molar-refractivity contribution is 5.88. The van der Waals surface area contributed by atoms with Gasteiger partial charge in [-0.05, 0) is 23.6 Å². The molecule has 0 bridgehead atoms. The van der Waals surface area contributed by atoms with Gasteiger partial charge in [-0.2, -0.15) is 13.2 Å². The summed E-state index contributed by atoms with van der Waals surface area (Å²) in [6.45, 7) is -0.351. The van der Waals surface area contributed by atoms with E-state index in [4.69, 9.17) is 5.11 Å². The van der Waals surface area contributed by atoms with Crippen LogP contribution >= 0.6 is 0 Å². The number of hydrogen-bond acceptors (Lipinski definition) is 4. The van der Waals surface area contributed by atoms with Gasteiger partial charge in [0.1, 0.15) is 12.6 Å². The molecule has 1 heterocycles. The predicted octanol–water partition coefficient (Wildman–Crippen LogP) is 3.80. The van der Waals surface area contributed by atoms with E-state index in [0.717, 1.165) is 6.07 Å². The first-order chi connectivity index (χ1) is 16.0. The molecule has 0 radical (unpaired) electrons. The molecule has 2 aromatic rings. The predicted molar refractivity (Wildman–Crippen MR) is 109 cm³/mol. The Morgan fingerprint density at radius 1 is 1.09 bits per heavy atom. The largest absolute Gasteiger partial charge is 0.490 e. The summed E-state index contributed by atoms with van der Waals surface area (Å²) < 4.78 is 65.9. The molecule has 2 aromatic carbocycles. The Kier molecular flexibility index (Phi) is 9.10. The smallest absolute Gasteiger partial charge is 0.465 e. The Bertz CT molecular complexity index is 1060. The van der Waals surface area contributed by atoms with Crippen LogP contribution in [0.2, 0.25) is 0 Å². The van der Waals surface area contributed by atoms with Gasteiger partial charge in [-0.3, -0.25) is 4.79 Å². The van der Waals surface area contributed by atoms with Crippen molar-refractivity contribution in [1.82, 2.24) is 10.6 Å². The van der Waals surface area contributed by atoms with Gasteiger partial charge in [0.25, 0.3) is 0 Å². The topological polar surface area (TPSA) is 105 Å². The molecule has 182 valence electrons. The molecule has 2 amide bonds. The molecule has 1 aliphatic heterocycles. The zero-order chi connectivity index (χ0) is 25.3. The van der Waals surface area contributed by atoms with Gasteiger partial charge < -0.3 is 20.5 Å². The van der Waals surface area contributed by atoms with E-state index in [2.05, 4.69) is 15.4 Å². The number of rotatable bonds is 4. The van der Waals surface area contributed by atoms with Crippen LogP contribution in [0.1, 0.15) is 17.5 Å². The summed E-state index contributed by atoms with van der Waals surface area (Å²) in [4.78, 5) is 32.5. The van der Waals surface area contributed by atoms with Gasteiger partial charge in [-0.15, -0.1) is 0 Å². The fraction of sp³-hybridized carbons (Fsp3) is 0.227. The summed E-state index contributed by atoms with van der Waals surface area (Å²) in [6.07, 6.45) is -4.65. The molecule has 0 saturated heterocycles. The second kappa shape index (κ2) is 11.8. The van der Waals surface area contributed by atoms with Crippen LogP contribution in [-0.4, -0.2) is 41.8 Å².